The Hall–Kier alpha value is -1.53. The van der Waals surface area contributed by atoms with Crippen molar-refractivity contribution >= 4 is 5.82 Å². The Balaban J connectivity index is 2.10. The van der Waals surface area contributed by atoms with Gasteiger partial charge in [-0.3, -0.25) is 11.2 Å². The number of hydrogen-bond donors (Lipinski definition) is 3. The molecule has 1 aromatic rings. The molecule has 1 atom stereocenters. The molecule has 0 saturated heterocycles. The van der Waals surface area contributed by atoms with Crippen LogP contribution in [0.3, 0.4) is 0 Å². The van der Waals surface area contributed by atoms with E-state index in [4.69, 9.17) is 10.6 Å². The van der Waals surface area contributed by atoms with Crippen LogP contribution in [-0.4, -0.2) is 11.0 Å². The van der Waals surface area contributed by atoms with Gasteiger partial charge in [0.1, 0.15) is 6.26 Å². The number of hydroxylamine groups is 1. The van der Waals surface area contributed by atoms with Gasteiger partial charge < -0.3 is 9.84 Å². The molecule has 0 amide bonds. The summed E-state index contributed by atoms with van der Waals surface area (Å²) >= 11 is 0. The summed E-state index contributed by atoms with van der Waals surface area (Å²) < 4.78 is 4.63. The lowest BCUT2D eigenvalue weighted by Crippen LogP contribution is -2.47. The summed E-state index contributed by atoms with van der Waals surface area (Å²) in [7, 11) is 0. The number of nitrogens with two attached hydrogens (primary N) is 1. The Kier molecular flexibility index (Phi) is 1.71. The van der Waals surface area contributed by atoms with E-state index in [9.17, 15) is 0 Å². The Morgan fingerprint density at radius 1 is 1.69 bits per heavy atom. The van der Waals surface area contributed by atoms with Crippen LogP contribution in [0, 0.1) is 0 Å². The number of anilines is 1. The summed E-state index contributed by atoms with van der Waals surface area (Å²) in [6.07, 6.45) is 3.16. The summed E-state index contributed by atoms with van der Waals surface area (Å²) in [5, 5.41) is 6.49. The Morgan fingerprint density at radius 3 is 3.08 bits per heavy atom. The molecule has 0 spiro atoms. The van der Waals surface area contributed by atoms with Crippen LogP contribution in [0.2, 0.25) is 0 Å². The largest absolute Gasteiger partial charge is 0.363 e. The maximum Gasteiger partial charge on any atom is 0.240 e. The fraction of sp³-hybridized carbons (Fsp3) is 0.286. The molecule has 70 valence electrons. The van der Waals surface area contributed by atoms with Gasteiger partial charge in [0.25, 0.3) is 0 Å². The average molecular weight is 182 g/mol. The fourth-order valence-electron chi connectivity index (χ4n) is 1.08. The van der Waals surface area contributed by atoms with Crippen LogP contribution >= 0.6 is 0 Å². The summed E-state index contributed by atoms with van der Waals surface area (Å²) in [6, 6.07) is 1.65. The molecule has 0 radical (unpaired) electrons. The average Bonchev–Trinajstić information content (AvgIpc) is 2.62. The standard InChI is InChI=1S/C7H10N4O2/c1-5-4-7(8,13-10-5)9-6-2-3-12-11-6/h2-4,10H,8H2,1H3,(H,9,11). The molecular formula is C7H10N4O2. The van der Waals surface area contributed by atoms with Gasteiger partial charge in [-0.2, -0.15) is 0 Å². The first kappa shape index (κ1) is 8.09. The van der Waals surface area contributed by atoms with Crippen molar-refractivity contribution in [2.75, 3.05) is 5.32 Å². The highest BCUT2D eigenvalue weighted by molar-refractivity contribution is 5.36. The molecule has 0 aliphatic carbocycles. The van der Waals surface area contributed by atoms with Crippen molar-refractivity contribution in [3.05, 3.63) is 24.1 Å². The van der Waals surface area contributed by atoms with Crippen molar-refractivity contribution in [3.63, 3.8) is 0 Å². The van der Waals surface area contributed by atoms with Gasteiger partial charge >= 0.3 is 0 Å². The highest BCUT2D eigenvalue weighted by Gasteiger charge is 2.29. The molecule has 1 aromatic heterocycles. The second kappa shape index (κ2) is 2.75. The van der Waals surface area contributed by atoms with Crippen molar-refractivity contribution in [1.82, 2.24) is 10.6 Å². The number of hydrogen-bond acceptors (Lipinski definition) is 6. The Morgan fingerprint density at radius 2 is 2.54 bits per heavy atom. The van der Waals surface area contributed by atoms with Crippen molar-refractivity contribution < 1.29 is 9.36 Å². The molecule has 0 saturated carbocycles. The molecule has 2 rings (SSSR count). The van der Waals surface area contributed by atoms with Gasteiger partial charge in [-0.1, -0.05) is 5.16 Å². The van der Waals surface area contributed by atoms with Crippen molar-refractivity contribution in [2.45, 2.75) is 12.8 Å². The smallest absolute Gasteiger partial charge is 0.240 e. The molecule has 13 heavy (non-hydrogen) atoms. The van der Waals surface area contributed by atoms with Crippen molar-refractivity contribution in [1.29, 1.82) is 0 Å². The number of nitrogens with zero attached hydrogens (tertiary/aromatic N) is 1. The maximum atomic E-state index is 5.79. The molecule has 0 bridgehead atoms. The van der Waals surface area contributed by atoms with E-state index in [-0.39, 0.29) is 0 Å². The molecule has 4 N–H and O–H groups in total. The normalized spacial score (nSPS) is 26.8. The molecule has 0 aromatic carbocycles. The molecule has 1 aliphatic rings. The van der Waals surface area contributed by atoms with Crippen LogP contribution in [0.1, 0.15) is 6.92 Å². The highest BCUT2D eigenvalue weighted by Crippen LogP contribution is 2.16. The lowest BCUT2D eigenvalue weighted by molar-refractivity contribution is -0.0173. The van der Waals surface area contributed by atoms with E-state index in [2.05, 4.69) is 20.5 Å². The van der Waals surface area contributed by atoms with Gasteiger partial charge in [-0.25, -0.2) is 4.84 Å². The van der Waals surface area contributed by atoms with E-state index in [1.54, 1.807) is 12.1 Å². The number of allylic oxidation sites excluding steroid dienone is 1. The summed E-state index contributed by atoms with van der Waals surface area (Å²) in [6.45, 7) is 1.85. The van der Waals surface area contributed by atoms with Crippen LogP contribution < -0.4 is 16.5 Å². The van der Waals surface area contributed by atoms with E-state index >= 15 is 0 Å². The molecule has 1 aliphatic heterocycles. The maximum absolute atomic E-state index is 5.79. The predicted molar refractivity (Wildman–Crippen MR) is 45.0 cm³/mol. The quantitative estimate of drug-likeness (QED) is 0.564. The molecule has 0 fully saturated rings. The first-order chi connectivity index (χ1) is 6.18. The minimum atomic E-state index is -1.05. The number of rotatable bonds is 2. The zero-order chi connectivity index (χ0) is 9.31. The lowest BCUT2D eigenvalue weighted by Gasteiger charge is -2.20. The van der Waals surface area contributed by atoms with Gasteiger partial charge in [-0.15, -0.1) is 0 Å². The predicted octanol–water partition coefficient (Wildman–Crippen LogP) is 0.138. The third-order valence-corrected chi connectivity index (χ3v) is 1.57. The minimum Gasteiger partial charge on any atom is -0.363 e. The van der Waals surface area contributed by atoms with Crippen LogP contribution in [-0.2, 0) is 4.84 Å². The van der Waals surface area contributed by atoms with Gasteiger partial charge in [0.2, 0.25) is 5.85 Å². The second-order valence-electron chi connectivity index (χ2n) is 2.83. The first-order valence-corrected chi connectivity index (χ1v) is 3.79. The third kappa shape index (κ3) is 1.63. The monoisotopic (exact) mass is 182 g/mol. The minimum absolute atomic E-state index is 0.523. The first-order valence-electron chi connectivity index (χ1n) is 3.79. The molecule has 1 unspecified atom stereocenters. The number of aromatic nitrogens is 1. The molecule has 2 heterocycles. The van der Waals surface area contributed by atoms with E-state index in [1.165, 1.54) is 6.26 Å². The lowest BCUT2D eigenvalue weighted by atomic mass is 10.3. The van der Waals surface area contributed by atoms with Gasteiger partial charge in [0.05, 0.1) is 0 Å². The summed E-state index contributed by atoms with van der Waals surface area (Å²) in [5.41, 5.74) is 9.27. The van der Waals surface area contributed by atoms with Crippen LogP contribution in [0.5, 0.6) is 0 Å². The Bertz CT molecular complexity index is 321. The van der Waals surface area contributed by atoms with Gasteiger partial charge in [-0.05, 0) is 6.92 Å². The number of nitrogens with one attached hydrogen (secondary N) is 2. The molecular weight excluding hydrogens is 172 g/mol. The van der Waals surface area contributed by atoms with Crippen LogP contribution in [0.15, 0.2) is 28.6 Å². The Labute approximate surface area is 74.7 Å². The van der Waals surface area contributed by atoms with E-state index in [0.717, 1.165) is 5.70 Å². The molecule has 6 heteroatoms. The van der Waals surface area contributed by atoms with Gasteiger partial charge in [0, 0.05) is 17.8 Å². The van der Waals surface area contributed by atoms with Crippen molar-refractivity contribution in [3.8, 4) is 0 Å². The zero-order valence-corrected chi connectivity index (χ0v) is 7.07. The van der Waals surface area contributed by atoms with Crippen LogP contribution in [0.25, 0.3) is 0 Å². The van der Waals surface area contributed by atoms with Crippen LogP contribution in [0.4, 0.5) is 5.82 Å². The second-order valence-corrected chi connectivity index (χ2v) is 2.83. The third-order valence-electron chi connectivity index (χ3n) is 1.57. The van der Waals surface area contributed by atoms with E-state index in [0.29, 0.717) is 5.82 Å². The van der Waals surface area contributed by atoms with Crippen molar-refractivity contribution in [2.24, 2.45) is 5.73 Å². The summed E-state index contributed by atoms with van der Waals surface area (Å²) in [5.74, 6) is -0.531. The highest BCUT2D eigenvalue weighted by atomic mass is 16.7. The molecule has 6 nitrogen and oxygen atoms in total. The van der Waals surface area contributed by atoms with Gasteiger partial charge in [0.15, 0.2) is 5.82 Å². The SMILES string of the molecule is CC1=CC(N)(Nc2ccon2)ON1. The summed E-state index contributed by atoms with van der Waals surface area (Å²) in [4.78, 5) is 5.07. The van der Waals surface area contributed by atoms with E-state index < -0.39 is 5.85 Å². The topological polar surface area (TPSA) is 85.3 Å². The fourth-order valence-corrected chi connectivity index (χ4v) is 1.08. The van der Waals surface area contributed by atoms with E-state index in [1.807, 2.05) is 6.92 Å². The zero-order valence-electron chi connectivity index (χ0n) is 7.07.